The van der Waals surface area contributed by atoms with E-state index in [0.29, 0.717) is 12.1 Å². The van der Waals surface area contributed by atoms with E-state index < -0.39 is 0 Å². The van der Waals surface area contributed by atoms with Gasteiger partial charge in [-0.2, -0.15) is 0 Å². The predicted molar refractivity (Wildman–Crippen MR) is 108 cm³/mol. The number of rotatable bonds is 9. The molecular formula is C19H33N7. The number of aliphatic imine (C=N–C) groups is 1. The molecule has 7 heteroatoms. The summed E-state index contributed by atoms with van der Waals surface area (Å²) in [6, 6.07) is 7.04. The van der Waals surface area contributed by atoms with E-state index in [4.69, 9.17) is 0 Å². The number of guanidine groups is 1. The van der Waals surface area contributed by atoms with Crippen LogP contribution < -0.4 is 10.6 Å². The molecule has 2 heterocycles. The third-order valence-corrected chi connectivity index (χ3v) is 4.47. The summed E-state index contributed by atoms with van der Waals surface area (Å²) in [5.74, 6) is 1.85. The molecule has 2 N–H and O–H groups in total. The van der Waals surface area contributed by atoms with Gasteiger partial charge >= 0.3 is 0 Å². The Hall–Kier alpha value is -2.15. The Morgan fingerprint density at radius 2 is 1.85 bits per heavy atom. The van der Waals surface area contributed by atoms with Crippen LogP contribution in [0, 0.1) is 0 Å². The smallest absolute Gasteiger partial charge is 0.191 e. The van der Waals surface area contributed by atoms with E-state index in [0.717, 1.165) is 49.9 Å². The summed E-state index contributed by atoms with van der Waals surface area (Å²) in [5.41, 5.74) is 0.896. The molecule has 0 radical (unpaired) electrons. The highest BCUT2D eigenvalue weighted by Crippen LogP contribution is 2.05. The van der Waals surface area contributed by atoms with Gasteiger partial charge in [-0.3, -0.25) is 14.3 Å². The first-order valence-corrected chi connectivity index (χ1v) is 9.51. The molecule has 0 bridgehead atoms. The summed E-state index contributed by atoms with van der Waals surface area (Å²) >= 11 is 0. The van der Waals surface area contributed by atoms with Crippen LogP contribution in [-0.2, 0) is 6.42 Å². The van der Waals surface area contributed by atoms with Crippen LogP contribution in [0.1, 0.15) is 39.9 Å². The molecule has 0 fully saturated rings. The van der Waals surface area contributed by atoms with E-state index in [-0.39, 0.29) is 0 Å². The summed E-state index contributed by atoms with van der Waals surface area (Å²) in [4.78, 5) is 6.77. The van der Waals surface area contributed by atoms with Gasteiger partial charge in [0.05, 0.1) is 0 Å². The minimum Gasteiger partial charge on any atom is -0.356 e. The largest absolute Gasteiger partial charge is 0.356 e. The lowest BCUT2D eigenvalue weighted by Gasteiger charge is -2.30. The highest BCUT2D eigenvalue weighted by molar-refractivity contribution is 5.79. The second-order valence-corrected chi connectivity index (χ2v) is 7.00. The van der Waals surface area contributed by atoms with Gasteiger partial charge in [-0.25, -0.2) is 0 Å². The van der Waals surface area contributed by atoms with E-state index >= 15 is 0 Å². The Morgan fingerprint density at radius 3 is 2.54 bits per heavy atom. The lowest BCUT2D eigenvalue weighted by atomic mass is 10.2. The number of hydrogen-bond acceptors (Lipinski definition) is 4. The Morgan fingerprint density at radius 1 is 1.12 bits per heavy atom. The fourth-order valence-corrected chi connectivity index (χ4v) is 3.15. The average molecular weight is 360 g/mol. The first-order valence-electron chi connectivity index (χ1n) is 9.51. The maximum absolute atomic E-state index is 4.30. The highest BCUT2D eigenvalue weighted by atomic mass is 15.2. The maximum Gasteiger partial charge on any atom is 0.191 e. The molecule has 0 saturated heterocycles. The average Bonchev–Trinajstić information content (AvgIpc) is 3.03. The molecule has 0 amide bonds. The fourth-order valence-electron chi connectivity index (χ4n) is 3.15. The molecule has 7 nitrogen and oxygen atoms in total. The zero-order valence-corrected chi connectivity index (χ0v) is 16.7. The van der Waals surface area contributed by atoms with Gasteiger partial charge in [-0.05, 0) is 46.2 Å². The first-order chi connectivity index (χ1) is 12.5. The second kappa shape index (κ2) is 10.1. The summed E-state index contributed by atoms with van der Waals surface area (Å²) in [7, 11) is 1.81. The van der Waals surface area contributed by atoms with Gasteiger partial charge < -0.3 is 10.6 Å². The molecule has 2 aromatic rings. The van der Waals surface area contributed by atoms with E-state index in [2.05, 4.69) is 58.4 Å². The SMILES string of the molecule is CN=C(NCCCc1nnc2ccccn12)NCCN(C(C)C)C(C)C. The van der Waals surface area contributed by atoms with Crippen molar-refractivity contribution >= 4 is 11.6 Å². The van der Waals surface area contributed by atoms with Crippen molar-refractivity contribution in [3.8, 4) is 0 Å². The van der Waals surface area contributed by atoms with Crippen LogP contribution in [0.4, 0.5) is 0 Å². The standard InChI is InChI=1S/C19H33N7/c1-15(2)25(16(3)4)14-12-22-19(20-5)21-11-8-10-18-24-23-17-9-6-7-13-26(17)18/h6-7,9,13,15-16H,8,10-12,14H2,1-5H3,(H2,20,21,22). The van der Waals surface area contributed by atoms with Crippen LogP contribution in [0.15, 0.2) is 29.4 Å². The zero-order chi connectivity index (χ0) is 18.9. The van der Waals surface area contributed by atoms with Crippen LogP contribution in [0.25, 0.3) is 5.65 Å². The molecule has 0 saturated carbocycles. The fraction of sp³-hybridized carbons (Fsp3) is 0.632. The van der Waals surface area contributed by atoms with Crippen molar-refractivity contribution in [1.82, 2.24) is 30.1 Å². The minimum atomic E-state index is 0.546. The van der Waals surface area contributed by atoms with Crippen molar-refractivity contribution in [2.45, 2.75) is 52.6 Å². The number of aryl methyl sites for hydroxylation is 1. The quantitative estimate of drug-likeness (QED) is 0.407. The highest BCUT2D eigenvalue weighted by Gasteiger charge is 2.12. The van der Waals surface area contributed by atoms with Crippen molar-refractivity contribution in [3.05, 3.63) is 30.2 Å². The first kappa shape index (κ1) is 20.2. The van der Waals surface area contributed by atoms with Crippen LogP contribution in [0.5, 0.6) is 0 Å². The maximum atomic E-state index is 4.30. The van der Waals surface area contributed by atoms with Crippen molar-refractivity contribution in [3.63, 3.8) is 0 Å². The second-order valence-electron chi connectivity index (χ2n) is 7.00. The van der Waals surface area contributed by atoms with Crippen LogP contribution in [-0.4, -0.2) is 64.2 Å². The number of pyridine rings is 1. The van der Waals surface area contributed by atoms with Crippen molar-refractivity contribution in [2.24, 2.45) is 4.99 Å². The summed E-state index contributed by atoms with van der Waals surface area (Å²) in [6.07, 6.45) is 3.86. The van der Waals surface area contributed by atoms with Gasteiger partial charge in [0.15, 0.2) is 11.6 Å². The van der Waals surface area contributed by atoms with Gasteiger partial charge in [0, 0.05) is 51.4 Å². The monoisotopic (exact) mass is 359 g/mol. The van der Waals surface area contributed by atoms with Gasteiger partial charge in [-0.1, -0.05) is 6.07 Å². The molecule has 2 aromatic heterocycles. The Kier molecular flexibility index (Phi) is 7.84. The van der Waals surface area contributed by atoms with Gasteiger partial charge in [-0.15, -0.1) is 10.2 Å². The molecule has 26 heavy (non-hydrogen) atoms. The molecule has 0 spiro atoms. The third kappa shape index (κ3) is 5.69. The van der Waals surface area contributed by atoms with E-state index in [9.17, 15) is 0 Å². The Balaban J connectivity index is 1.70. The van der Waals surface area contributed by atoms with Crippen LogP contribution in [0.3, 0.4) is 0 Å². The third-order valence-electron chi connectivity index (χ3n) is 4.47. The van der Waals surface area contributed by atoms with Gasteiger partial charge in [0.1, 0.15) is 5.82 Å². The Bertz CT molecular complexity index is 682. The Labute approximate surface area is 156 Å². The molecule has 0 aromatic carbocycles. The van der Waals surface area contributed by atoms with E-state index in [1.807, 2.05) is 35.8 Å². The molecule has 0 unspecified atom stereocenters. The summed E-state index contributed by atoms with van der Waals surface area (Å²) in [5, 5.41) is 15.2. The lowest BCUT2D eigenvalue weighted by molar-refractivity contribution is 0.178. The number of aromatic nitrogens is 3. The molecule has 144 valence electrons. The van der Waals surface area contributed by atoms with Crippen LogP contribution in [0.2, 0.25) is 0 Å². The van der Waals surface area contributed by atoms with E-state index in [1.165, 1.54) is 0 Å². The number of nitrogens with one attached hydrogen (secondary N) is 2. The normalized spacial score (nSPS) is 12.5. The molecule has 0 aliphatic carbocycles. The van der Waals surface area contributed by atoms with Gasteiger partial charge in [0.25, 0.3) is 0 Å². The van der Waals surface area contributed by atoms with E-state index in [1.54, 1.807) is 0 Å². The summed E-state index contributed by atoms with van der Waals surface area (Å²) in [6.45, 7) is 11.7. The van der Waals surface area contributed by atoms with Crippen molar-refractivity contribution < 1.29 is 0 Å². The number of fused-ring (bicyclic) bond motifs is 1. The minimum absolute atomic E-state index is 0.546. The molecule has 2 rings (SSSR count). The van der Waals surface area contributed by atoms with Gasteiger partial charge in [0.2, 0.25) is 0 Å². The predicted octanol–water partition coefficient (Wildman–Crippen LogP) is 1.95. The zero-order valence-electron chi connectivity index (χ0n) is 16.7. The lowest BCUT2D eigenvalue weighted by Crippen LogP contribution is -2.45. The number of hydrogen-bond donors (Lipinski definition) is 2. The van der Waals surface area contributed by atoms with Crippen LogP contribution >= 0.6 is 0 Å². The molecule has 0 aliphatic rings. The number of nitrogens with zero attached hydrogens (tertiary/aromatic N) is 5. The molecule has 0 aliphatic heterocycles. The molecule has 0 atom stereocenters. The molecular weight excluding hydrogens is 326 g/mol. The van der Waals surface area contributed by atoms with Crippen molar-refractivity contribution in [2.75, 3.05) is 26.7 Å². The van der Waals surface area contributed by atoms with Crippen molar-refractivity contribution in [1.29, 1.82) is 0 Å². The summed E-state index contributed by atoms with van der Waals surface area (Å²) < 4.78 is 2.04. The topological polar surface area (TPSA) is 69.8 Å².